The van der Waals surface area contributed by atoms with Crippen LogP contribution in [0.2, 0.25) is 0 Å². The minimum absolute atomic E-state index is 0.00748. The lowest BCUT2D eigenvalue weighted by Crippen LogP contribution is -2.12. The van der Waals surface area contributed by atoms with E-state index in [9.17, 15) is 12.8 Å². The summed E-state index contributed by atoms with van der Waals surface area (Å²) >= 11 is 0. The molecule has 4 nitrogen and oxygen atoms in total. The normalized spacial score (nSPS) is 11.4. The molecular weight excluding hydrogens is 271 g/mol. The Morgan fingerprint density at radius 2 is 1.88 bits per heavy atom. The molecular formula is C10H12ClFO4S. The average Bonchev–Trinajstić information content (AvgIpc) is 2.24. The predicted octanol–water partition coefficient (Wildman–Crippen LogP) is 1.79. The van der Waals surface area contributed by atoms with Gasteiger partial charge >= 0.3 is 0 Å². The van der Waals surface area contributed by atoms with Crippen LogP contribution in [0.25, 0.3) is 0 Å². The van der Waals surface area contributed by atoms with Crippen molar-refractivity contribution in [2.24, 2.45) is 0 Å². The number of hydrogen-bond donors (Lipinski definition) is 0. The molecule has 0 aromatic heterocycles. The highest BCUT2D eigenvalue weighted by atomic mass is 35.7. The van der Waals surface area contributed by atoms with E-state index in [1.54, 1.807) is 12.1 Å². The number of rotatable bonds is 7. The summed E-state index contributed by atoms with van der Waals surface area (Å²) in [6.07, 6.45) is 0. The van der Waals surface area contributed by atoms with E-state index in [-0.39, 0.29) is 31.3 Å². The van der Waals surface area contributed by atoms with E-state index < -0.39 is 14.9 Å². The summed E-state index contributed by atoms with van der Waals surface area (Å²) < 4.78 is 44.2. The van der Waals surface area contributed by atoms with E-state index in [0.29, 0.717) is 0 Å². The highest BCUT2D eigenvalue weighted by molar-refractivity contribution is 8.13. The molecule has 0 aliphatic heterocycles. The van der Waals surface area contributed by atoms with Crippen LogP contribution in [0.4, 0.5) is 4.39 Å². The van der Waals surface area contributed by atoms with E-state index in [2.05, 4.69) is 0 Å². The van der Waals surface area contributed by atoms with Crippen molar-refractivity contribution in [1.82, 2.24) is 0 Å². The summed E-state index contributed by atoms with van der Waals surface area (Å²) in [4.78, 5) is 0. The maximum Gasteiger partial charge on any atom is 0.234 e. The van der Waals surface area contributed by atoms with Crippen molar-refractivity contribution in [3.63, 3.8) is 0 Å². The first-order valence-electron chi connectivity index (χ1n) is 4.86. The molecule has 0 amide bonds. The van der Waals surface area contributed by atoms with Gasteiger partial charge in [-0.25, -0.2) is 12.8 Å². The minimum atomic E-state index is -3.52. The largest absolute Gasteiger partial charge is 0.488 e. The third-order valence-electron chi connectivity index (χ3n) is 1.79. The van der Waals surface area contributed by atoms with Crippen molar-refractivity contribution in [3.05, 3.63) is 30.1 Å². The number of benzene rings is 1. The first kappa shape index (κ1) is 14.2. The maximum absolute atomic E-state index is 13.1. The molecule has 0 saturated carbocycles. The van der Waals surface area contributed by atoms with Crippen molar-refractivity contribution < 1.29 is 22.3 Å². The van der Waals surface area contributed by atoms with Gasteiger partial charge in [0.15, 0.2) is 11.6 Å². The van der Waals surface area contributed by atoms with Crippen LogP contribution >= 0.6 is 10.7 Å². The summed E-state index contributed by atoms with van der Waals surface area (Å²) in [7, 11) is 1.45. The van der Waals surface area contributed by atoms with Crippen molar-refractivity contribution in [2.45, 2.75) is 0 Å². The SMILES string of the molecule is O=S(=O)(Cl)CCOCCOc1ccccc1F. The van der Waals surface area contributed by atoms with Crippen LogP contribution in [0.5, 0.6) is 5.75 Å². The first-order valence-corrected chi connectivity index (χ1v) is 7.34. The van der Waals surface area contributed by atoms with E-state index in [4.69, 9.17) is 20.2 Å². The molecule has 7 heteroatoms. The summed E-state index contributed by atoms with van der Waals surface area (Å²) in [6.45, 7) is 0.302. The van der Waals surface area contributed by atoms with E-state index in [1.807, 2.05) is 0 Å². The summed E-state index contributed by atoms with van der Waals surface area (Å²) in [6, 6.07) is 6.00. The molecule has 1 aromatic carbocycles. The number of ether oxygens (including phenoxy) is 2. The summed E-state index contributed by atoms with van der Waals surface area (Å²) in [5, 5.41) is 0. The van der Waals surface area contributed by atoms with E-state index in [1.165, 1.54) is 12.1 Å². The van der Waals surface area contributed by atoms with Crippen molar-refractivity contribution in [1.29, 1.82) is 0 Å². The van der Waals surface area contributed by atoms with Crippen LogP contribution in [0.1, 0.15) is 0 Å². The van der Waals surface area contributed by atoms with Crippen LogP contribution in [-0.4, -0.2) is 34.0 Å². The van der Waals surface area contributed by atoms with Gasteiger partial charge in [-0.3, -0.25) is 0 Å². The fraction of sp³-hybridized carbons (Fsp3) is 0.400. The lowest BCUT2D eigenvalue weighted by molar-refractivity contribution is 0.110. The smallest absolute Gasteiger partial charge is 0.234 e. The van der Waals surface area contributed by atoms with Crippen molar-refractivity contribution in [3.8, 4) is 5.75 Å². The van der Waals surface area contributed by atoms with Crippen molar-refractivity contribution in [2.75, 3.05) is 25.6 Å². The molecule has 0 heterocycles. The monoisotopic (exact) mass is 282 g/mol. The Bertz CT molecular complexity index is 449. The lowest BCUT2D eigenvalue weighted by Gasteiger charge is -2.07. The second-order valence-corrected chi connectivity index (χ2v) is 6.03. The molecule has 1 aromatic rings. The van der Waals surface area contributed by atoms with Gasteiger partial charge in [0.2, 0.25) is 9.05 Å². The lowest BCUT2D eigenvalue weighted by atomic mass is 10.3. The molecule has 0 spiro atoms. The number of hydrogen-bond acceptors (Lipinski definition) is 4. The van der Waals surface area contributed by atoms with Gasteiger partial charge in [-0.1, -0.05) is 12.1 Å². The first-order chi connectivity index (χ1) is 7.99. The predicted molar refractivity (Wildman–Crippen MR) is 62.4 cm³/mol. The van der Waals surface area contributed by atoms with Crippen LogP contribution in [0, 0.1) is 5.82 Å². The zero-order valence-corrected chi connectivity index (χ0v) is 10.5. The van der Waals surface area contributed by atoms with Gasteiger partial charge in [-0.2, -0.15) is 0 Å². The molecule has 0 radical (unpaired) electrons. The second-order valence-electron chi connectivity index (χ2n) is 3.13. The molecule has 0 aliphatic rings. The Kier molecular flexibility index (Phi) is 5.67. The van der Waals surface area contributed by atoms with E-state index >= 15 is 0 Å². The van der Waals surface area contributed by atoms with Crippen molar-refractivity contribution >= 4 is 19.7 Å². The summed E-state index contributed by atoms with van der Waals surface area (Å²) in [5.41, 5.74) is 0. The van der Waals surface area contributed by atoms with Gasteiger partial charge in [0.05, 0.1) is 19.0 Å². The number of para-hydroxylation sites is 1. The molecule has 0 aliphatic carbocycles. The third-order valence-corrected chi connectivity index (χ3v) is 2.91. The quantitative estimate of drug-likeness (QED) is 0.565. The molecule has 96 valence electrons. The van der Waals surface area contributed by atoms with Gasteiger partial charge in [-0.15, -0.1) is 0 Å². The Balaban J connectivity index is 2.15. The molecule has 0 unspecified atom stereocenters. The Hall–Kier alpha value is -0.850. The highest BCUT2D eigenvalue weighted by Crippen LogP contribution is 2.14. The zero-order chi connectivity index (χ0) is 12.7. The third kappa shape index (κ3) is 6.45. The Labute approximate surface area is 104 Å². The van der Waals surface area contributed by atoms with Gasteiger partial charge in [0, 0.05) is 10.7 Å². The molecule has 0 bridgehead atoms. The van der Waals surface area contributed by atoms with E-state index in [0.717, 1.165) is 0 Å². The summed E-state index contributed by atoms with van der Waals surface area (Å²) in [5.74, 6) is -0.564. The topological polar surface area (TPSA) is 52.6 Å². The Morgan fingerprint density at radius 3 is 2.53 bits per heavy atom. The van der Waals surface area contributed by atoms with Crippen LogP contribution in [-0.2, 0) is 13.8 Å². The maximum atomic E-state index is 13.1. The fourth-order valence-corrected chi connectivity index (χ4v) is 1.54. The van der Waals surface area contributed by atoms with Gasteiger partial charge < -0.3 is 9.47 Å². The minimum Gasteiger partial charge on any atom is -0.488 e. The standard InChI is InChI=1S/C10H12ClFO4S/c11-17(13,14)8-7-15-5-6-16-10-4-2-1-3-9(10)12/h1-4H,5-8H2. The molecule has 0 N–H and O–H groups in total. The molecule has 1 rings (SSSR count). The van der Waals surface area contributed by atoms with Crippen LogP contribution < -0.4 is 4.74 Å². The van der Waals surface area contributed by atoms with Gasteiger partial charge in [0.1, 0.15) is 6.61 Å². The molecule has 17 heavy (non-hydrogen) atoms. The van der Waals surface area contributed by atoms with Crippen LogP contribution in [0.15, 0.2) is 24.3 Å². The zero-order valence-electron chi connectivity index (χ0n) is 8.93. The van der Waals surface area contributed by atoms with Gasteiger partial charge in [-0.05, 0) is 12.1 Å². The van der Waals surface area contributed by atoms with Crippen LogP contribution in [0.3, 0.4) is 0 Å². The number of halogens is 2. The Morgan fingerprint density at radius 1 is 1.18 bits per heavy atom. The molecule has 0 fully saturated rings. The average molecular weight is 283 g/mol. The molecule has 0 atom stereocenters. The molecule has 0 saturated heterocycles. The second kappa shape index (κ2) is 6.78. The highest BCUT2D eigenvalue weighted by Gasteiger charge is 2.04. The van der Waals surface area contributed by atoms with Gasteiger partial charge in [0.25, 0.3) is 0 Å². The fourth-order valence-electron chi connectivity index (χ4n) is 1.03.